The van der Waals surface area contributed by atoms with Gasteiger partial charge in [0.15, 0.2) is 11.5 Å². The van der Waals surface area contributed by atoms with Gasteiger partial charge >= 0.3 is 0 Å². The van der Waals surface area contributed by atoms with Crippen molar-refractivity contribution in [1.82, 2.24) is 34.4 Å². The van der Waals surface area contributed by atoms with Crippen molar-refractivity contribution in [3.63, 3.8) is 0 Å². The molecule has 6 rings (SSSR count). The van der Waals surface area contributed by atoms with Gasteiger partial charge in [0, 0.05) is 22.8 Å². The average molecular weight is 547 g/mol. The van der Waals surface area contributed by atoms with Crippen molar-refractivity contribution in [2.75, 3.05) is 5.73 Å². The number of nitrogens with two attached hydrogens (primary N) is 1. The van der Waals surface area contributed by atoms with Crippen LogP contribution in [0.5, 0.6) is 0 Å². The van der Waals surface area contributed by atoms with E-state index in [1.807, 2.05) is 37.3 Å². The van der Waals surface area contributed by atoms with Crippen LogP contribution < -0.4 is 16.6 Å². The van der Waals surface area contributed by atoms with Crippen LogP contribution in [0.3, 0.4) is 0 Å². The number of anilines is 1. The molecule has 11 heteroatoms. The topological polar surface area (TPSA) is 133 Å². The van der Waals surface area contributed by atoms with Crippen LogP contribution in [0.15, 0.2) is 77.3 Å². The van der Waals surface area contributed by atoms with E-state index in [4.69, 9.17) is 10.7 Å². The first-order chi connectivity index (χ1) is 19.4. The number of benzene rings is 2. The molecule has 40 heavy (non-hydrogen) atoms. The van der Waals surface area contributed by atoms with Crippen molar-refractivity contribution < 1.29 is 4.79 Å². The number of para-hydroxylation sites is 1. The summed E-state index contributed by atoms with van der Waals surface area (Å²) in [6.45, 7) is 3.71. The summed E-state index contributed by atoms with van der Waals surface area (Å²) in [5.41, 5.74) is 10.3. The third-order valence-corrected chi connectivity index (χ3v) is 7.14. The number of rotatable bonds is 4. The normalized spacial score (nSPS) is 11.8. The van der Waals surface area contributed by atoms with E-state index in [0.29, 0.717) is 39.3 Å². The largest absolute Gasteiger partial charge is 0.381 e. The highest BCUT2D eigenvalue weighted by molar-refractivity contribution is 7.09. The number of amides is 1. The monoisotopic (exact) mass is 546 g/mol. The number of hydrogen-bond acceptors (Lipinski definition) is 8. The van der Waals surface area contributed by atoms with E-state index in [1.54, 1.807) is 49.1 Å². The minimum atomic E-state index is -0.685. The number of carbonyl (C=O) groups excluding carboxylic acids is 1. The Bertz CT molecular complexity index is 2030. The van der Waals surface area contributed by atoms with Crippen molar-refractivity contribution in [2.24, 2.45) is 0 Å². The number of nitrogens with one attached hydrogen (secondary N) is 1. The average Bonchev–Trinajstić information content (AvgIpc) is 3.53. The van der Waals surface area contributed by atoms with Crippen LogP contribution in [0.25, 0.3) is 22.2 Å². The Morgan fingerprint density at radius 1 is 1.07 bits per heavy atom. The second-order valence-corrected chi connectivity index (χ2v) is 10.1. The molecule has 6 aromatic rings. The minimum absolute atomic E-state index is 0.0499. The van der Waals surface area contributed by atoms with Gasteiger partial charge < -0.3 is 11.1 Å². The number of nitrogens with zero attached hydrogens (tertiary/aromatic N) is 6. The highest BCUT2D eigenvalue weighted by atomic mass is 32.1. The summed E-state index contributed by atoms with van der Waals surface area (Å²) in [7, 11) is 0. The second kappa shape index (κ2) is 10.1. The highest BCUT2D eigenvalue weighted by Crippen LogP contribution is 2.22. The zero-order valence-electron chi connectivity index (χ0n) is 21.5. The summed E-state index contributed by atoms with van der Waals surface area (Å²) < 4.78 is 2.95. The number of nitrogen functional groups attached to an aromatic ring is 1. The molecule has 0 saturated carbocycles. The smallest absolute Gasteiger partial charge is 0.267 e. The standard InChI is InChI=1S/C29H22N8O2S/c1-17(33-28(38)24-25(30)35-36-15-7-14-31-27(24)36)26-34-22-11-6-8-19(12-13-21-18(2)40-16-32-21)23(22)29(39)37(26)20-9-4-3-5-10-20/h3-11,14-17H,1-2H3,(H2,30,35)(H,33,38)/t17-/m0/s1. The molecule has 0 unspecified atom stereocenters. The molecular weight excluding hydrogens is 524 g/mol. The fourth-order valence-corrected chi connectivity index (χ4v) is 5.01. The molecule has 0 spiro atoms. The Morgan fingerprint density at radius 3 is 2.67 bits per heavy atom. The maximum atomic E-state index is 14.1. The van der Waals surface area contributed by atoms with Gasteiger partial charge in [-0.1, -0.05) is 30.2 Å². The fraction of sp³-hybridized carbons (Fsp3) is 0.103. The summed E-state index contributed by atoms with van der Waals surface area (Å²) in [6, 6.07) is 15.5. The van der Waals surface area contributed by atoms with Gasteiger partial charge in [0.1, 0.15) is 17.1 Å². The number of aromatic nitrogens is 6. The molecule has 0 fully saturated rings. The van der Waals surface area contributed by atoms with Crippen LogP contribution in [0.4, 0.5) is 5.82 Å². The number of thiazole rings is 1. The lowest BCUT2D eigenvalue weighted by Crippen LogP contribution is -2.33. The van der Waals surface area contributed by atoms with Crippen LogP contribution in [-0.4, -0.2) is 35.0 Å². The van der Waals surface area contributed by atoms with Gasteiger partial charge in [-0.25, -0.2) is 19.5 Å². The van der Waals surface area contributed by atoms with Crippen LogP contribution in [0, 0.1) is 18.8 Å². The fourth-order valence-electron chi connectivity index (χ4n) is 4.48. The molecule has 196 valence electrons. The Hall–Kier alpha value is -5.34. The zero-order chi connectivity index (χ0) is 27.8. The minimum Gasteiger partial charge on any atom is -0.381 e. The summed E-state index contributed by atoms with van der Waals surface area (Å²) in [5.74, 6) is 6.11. The van der Waals surface area contributed by atoms with Crippen LogP contribution in [-0.2, 0) is 0 Å². The highest BCUT2D eigenvalue weighted by Gasteiger charge is 2.24. The van der Waals surface area contributed by atoms with E-state index >= 15 is 0 Å². The predicted molar refractivity (Wildman–Crippen MR) is 153 cm³/mol. The van der Waals surface area contributed by atoms with Gasteiger partial charge in [-0.2, -0.15) is 0 Å². The van der Waals surface area contributed by atoms with Gasteiger partial charge in [-0.15, -0.1) is 16.4 Å². The molecule has 1 atom stereocenters. The van der Waals surface area contributed by atoms with E-state index in [9.17, 15) is 9.59 Å². The summed E-state index contributed by atoms with van der Waals surface area (Å²) >= 11 is 1.51. The summed E-state index contributed by atoms with van der Waals surface area (Å²) in [4.78, 5) is 41.9. The van der Waals surface area contributed by atoms with E-state index in [-0.39, 0.29) is 16.9 Å². The molecule has 0 aliphatic heterocycles. The molecule has 1 amide bonds. The first kappa shape index (κ1) is 25.0. The Kier molecular flexibility index (Phi) is 6.30. The second-order valence-electron chi connectivity index (χ2n) is 9.00. The lowest BCUT2D eigenvalue weighted by atomic mass is 10.1. The van der Waals surface area contributed by atoms with E-state index in [2.05, 4.69) is 32.2 Å². The first-order valence-corrected chi connectivity index (χ1v) is 13.2. The Morgan fingerprint density at radius 2 is 1.90 bits per heavy atom. The molecule has 0 bridgehead atoms. The number of fused-ring (bicyclic) bond motifs is 2. The van der Waals surface area contributed by atoms with Crippen molar-refractivity contribution in [2.45, 2.75) is 19.9 Å². The first-order valence-electron chi connectivity index (χ1n) is 12.3. The van der Waals surface area contributed by atoms with Crippen LogP contribution in [0.1, 0.15) is 45.3 Å². The molecule has 2 aromatic carbocycles. The van der Waals surface area contributed by atoms with Crippen LogP contribution in [0.2, 0.25) is 0 Å². The molecule has 0 aliphatic rings. The van der Waals surface area contributed by atoms with Crippen molar-refractivity contribution >= 4 is 39.6 Å². The number of hydrogen-bond donors (Lipinski definition) is 2. The molecule has 4 aromatic heterocycles. The SMILES string of the molecule is Cc1scnc1C#Cc1cccc2nc([C@H](C)NC(=O)c3c(N)nn4cccnc34)n(-c3ccccc3)c(=O)c12. The van der Waals surface area contributed by atoms with Crippen molar-refractivity contribution in [3.8, 4) is 17.5 Å². The van der Waals surface area contributed by atoms with Gasteiger partial charge in [0.05, 0.1) is 28.1 Å². The van der Waals surface area contributed by atoms with Gasteiger partial charge in [-0.3, -0.25) is 14.2 Å². The maximum Gasteiger partial charge on any atom is 0.267 e. The lowest BCUT2D eigenvalue weighted by Gasteiger charge is -2.20. The predicted octanol–water partition coefficient (Wildman–Crippen LogP) is 3.67. The van der Waals surface area contributed by atoms with E-state index in [1.165, 1.54) is 20.4 Å². The third-order valence-electron chi connectivity index (χ3n) is 6.38. The quantitative estimate of drug-likeness (QED) is 0.322. The molecule has 0 saturated heterocycles. The lowest BCUT2D eigenvalue weighted by molar-refractivity contribution is 0.0940. The molecule has 4 heterocycles. The van der Waals surface area contributed by atoms with Crippen molar-refractivity contribution in [3.05, 3.63) is 110 Å². The molecule has 0 radical (unpaired) electrons. The van der Waals surface area contributed by atoms with Gasteiger partial charge in [0.2, 0.25) is 0 Å². The zero-order valence-corrected chi connectivity index (χ0v) is 22.3. The van der Waals surface area contributed by atoms with Crippen LogP contribution >= 0.6 is 11.3 Å². The molecule has 10 nitrogen and oxygen atoms in total. The molecular formula is C29H22N8O2S. The maximum absolute atomic E-state index is 14.1. The molecule has 3 N–H and O–H groups in total. The summed E-state index contributed by atoms with van der Waals surface area (Å²) in [5, 5.41) is 7.48. The number of carbonyl (C=O) groups is 1. The van der Waals surface area contributed by atoms with Crippen molar-refractivity contribution in [1.29, 1.82) is 0 Å². The molecule has 0 aliphatic carbocycles. The van der Waals surface area contributed by atoms with E-state index < -0.39 is 11.9 Å². The Balaban J connectivity index is 1.48. The summed E-state index contributed by atoms with van der Waals surface area (Å²) in [6.07, 6.45) is 3.22. The van der Waals surface area contributed by atoms with E-state index in [0.717, 1.165) is 4.88 Å². The van der Waals surface area contributed by atoms with Gasteiger partial charge in [0.25, 0.3) is 11.5 Å². The Labute approximate surface area is 232 Å². The third kappa shape index (κ3) is 4.36. The van der Waals surface area contributed by atoms with Gasteiger partial charge in [-0.05, 0) is 50.1 Å². The number of aryl methyl sites for hydroxylation is 1.